The quantitative estimate of drug-likeness (QED) is 0.172. The summed E-state index contributed by atoms with van der Waals surface area (Å²) in [5.74, 6) is 0. The van der Waals surface area contributed by atoms with Crippen LogP contribution in [0.2, 0.25) is 0 Å². The Labute approximate surface area is 314 Å². The molecule has 0 amide bonds. The van der Waals surface area contributed by atoms with Crippen LogP contribution in [0.25, 0.3) is 86.9 Å². The molecule has 0 aliphatic rings. The van der Waals surface area contributed by atoms with E-state index in [0.717, 1.165) is 98.4 Å². The lowest BCUT2D eigenvalue weighted by Gasteiger charge is -2.26. The fraction of sp³-hybridized carbons (Fsp3) is 0. The first-order chi connectivity index (χ1) is 26.7. The van der Waals surface area contributed by atoms with E-state index in [1.807, 2.05) is 18.2 Å². The Morgan fingerprint density at radius 1 is 0.426 bits per heavy atom. The predicted molar refractivity (Wildman–Crippen MR) is 225 cm³/mol. The van der Waals surface area contributed by atoms with Gasteiger partial charge in [-0.05, 0) is 71.3 Å². The van der Waals surface area contributed by atoms with Gasteiger partial charge in [0, 0.05) is 50.4 Å². The molecular weight excluding hydrogens is 681 g/mol. The Balaban J connectivity index is 1.05. The summed E-state index contributed by atoms with van der Waals surface area (Å²) >= 11 is 1.71. The van der Waals surface area contributed by atoms with Crippen LogP contribution in [0, 0.1) is 0 Å². The Morgan fingerprint density at radius 2 is 1.13 bits per heavy atom. The topological polar surface area (TPSA) is 42.4 Å². The lowest BCUT2D eigenvalue weighted by molar-refractivity contribution is 0.669. The van der Waals surface area contributed by atoms with E-state index in [1.165, 1.54) is 5.56 Å². The van der Waals surface area contributed by atoms with Crippen LogP contribution >= 0.6 is 11.3 Å². The van der Waals surface area contributed by atoms with Crippen molar-refractivity contribution in [2.45, 2.75) is 0 Å². The van der Waals surface area contributed by atoms with Crippen molar-refractivity contribution in [1.29, 1.82) is 0 Å². The zero-order chi connectivity index (χ0) is 35.6. The first-order valence-electron chi connectivity index (χ1n) is 18.0. The summed E-state index contributed by atoms with van der Waals surface area (Å²) in [6.45, 7) is 0. The van der Waals surface area contributed by atoms with Crippen molar-refractivity contribution in [3.05, 3.63) is 182 Å². The van der Waals surface area contributed by atoms with E-state index in [9.17, 15) is 0 Å². The molecule has 0 saturated heterocycles. The highest BCUT2D eigenvalue weighted by Crippen LogP contribution is 2.43. The smallest absolute Gasteiger partial charge is 0.143 e. The molecule has 0 radical (unpaired) electrons. The van der Waals surface area contributed by atoms with Crippen LogP contribution in [0.5, 0.6) is 0 Å². The Bertz CT molecular complexity index is 3160. The van der Waals surface area contributed by atoms with Gasteiger partial charge in [0.05, 0.1) is 15.6 Å². The second-order valence-corrected chi connectivity index (χ2v) is 14.6. The maximum absolute atomic E-state index is 6.60. The van der Waals surface area contributed by atoms with Crippen molar-refractivity contribution in [2.24, 2.45) is 0 Å². The molecule has 11 aromatic rings. The van der Waals surface area contributed by atoms with Gasteiger partial charge in [0.15, 0.2) is 0 Å². The molecule has 4 nitrogen and oxygen atoms in total. The summed E-state index contributed by atoms with van der Waals surface area (Å²) in [4.78, 5) is 7.43. The first kappa shape index (κ1) is 30.7. The summed E-state index contributed by atoms with van der Waals surface area (Å²) in [5, 5.41) is 5.36. The van der Waals surface area contributed by atoms with Gasteiger partial charge in [-0.15, -0.1) is 11.3 Å². The van der Waals surface area contributed by atoms with Crippen LogP contribution in [0.15, 0.2) is 191 Å². The normalized spacial score (nSPS) is 11.7. The molecule has 0 N–H and O–H groups in total. The summed E-state index contributed by atoms with van der Waals surface area (Å²) in [7, 11) is 0. The van der Waals surface area contributed by atoms with E-state index in [0.29, 0.717) is 0 Å². The van der Waals surface area contributed by atoms with Gasteiger partial charge in [0.2, 0.25) is 0 Å². The molecule has 8 aromatic carbocycles. The van der Waals surface area contributed by atoms with Gasteiger partial charge in [-0.25, -0.2) is 4.98 Å². The summed E-state index contributed by atoms with van der Waals surface area (Å²) in [6.07, 6.45) is 0. The molecule has 0 fully saturated rings. The number of fused-ring (bicyclic) bond motifs is 8. The van der Waals surface area contributed by atoms with Crippen molar-refractivity contribution in [1.82, 2.24) is 4.98 Å². The molecule has 0 atom stereocenters. The number of hydrogen-bond donors (Lipinski definition) is 0. The molecule has 5 heteroatoms. The Morgan fingerprint density at radius 3 is 1.98 bits per heavy atom. The van der Waals surface area contributed by atoms with E-state index in [4.69, 9.17) is 13.8 Å². The molecule has 3 heterocycles. The number of hydrogen-bond acceptors (Lipinski definition) is 5. The van der Waals surface area contributed by atoms with Gasteiger partial charge in [-0.2, -0.15) is 0 Å². The molecule has 0 aliphatic heterocycles. The van der Waals surface area contributed by atoms with Gasteiger partial charge < -0.3 is 13.7 Å². The largest absolute Gasteiger partial charge is 0.456 e. The number of aromatic nitrogens is 1. The van der Waals surface area contributed by atoms with Gasteiger partial charge in [0.1, 0.15) is 27.3 Å². The molecule has 3 aromatic heterocycles. The number of anilines is 3. The number of benzene rings is 8. The zero-order valence-corrected chi connectivity index (χ0v) is 29.8. The van der Waals surface area contributed by atoms with Crippen LogP contribution in [0.4, 0.5) is 17.1 Å². The summed E-state index contributed by atoms with van der Waals surface area (Å²) < 4.78 is 14.1. The van der Waals surface area contributed by atoms with Gasteiger partial charge >= 0.3 is 0 Å². The summed E-state index contributed by atoms with van der Waals surface area (Å²) in [5.41, 5.74) is 13.1. The maximum Gasteiger partial charge on any atom is 0.143 e. The number of nitrogens with zero attached hydrogens (tertiary/aromatic N) is 2. The average Bonchev–Trinajstić information content (AvgIpc) is 3.95. The second kappa shape index (κ2) is 12.3. The average molecular weight is 711 g/mol. The van der Waals surface area contributed by atoms with E-state index in [1.54, 1.807) is 11.3 Å². The maximum atomic E-state index is 6.60. The third kappa shape index (κ3) is 5.01. The fourth-order valence-electron chi connectivity index (χ4n) is 7.75. The molecule has 11 rings (SSSR count). The molecule has 0 spiro atoms. The van der Waals surface area contributed by atoms with Crippen molar-refractivity contribution in [2.75, 3.05) is 4.90 Å². The number of thiazole rings is 1. The lowest BCUT2D eigenvalue weighted by atomic mass is 10.0. The van der Waals surface area contributed by atoms with Crippen LogP contribution in [-0.2, 0) is 0 Å². The SMILES string of the molecule is c1ccc(-c2cccc(N(c3ccc(-c4cccc5c4oc4ccccc45)cc3)c3ccc4c(c3)oc3ccc5sc(-c6ccccc6)nc5c34)c2)cc1. The van der Waals surface area contributed by atoms with Crippen LogP contribution < -0.4 is 4.90 Å². The minimum atomic E-state index is 0.821. The predicted octanol–water partition coefficient (Wildman–Crippen LogP) is 14.6. The van der Waals surface area contributed by atoms with Gasteiger partial charge in [-0.1, -0.05) is 121 Å². The van der Waals surface area contributed by atoms with Crippen LogP contribution in [0.3, 0.4) is 0 Å². The van der Waals surface area contributed by atoms with E-state index in [2.05, 4.69) is 169 Å². The number of para-hydroxylation sites is 2. The van der Waals surface area contributed by atoms with E-state index in [-0.39, 0.29) is 0 Å². The van der Waals surface area contributed by atoms with E-state index >= 15 is 0 Å². The third-order valence-corrected chi connectivity index (χ3v) is 11.4. The molecular formula is C49H30N2O2S. The minimum absolute atomic E-state index is 0.821. The lowest BCUT2D eigenvalue weighted by Crippen LogP contribution is -2.10. The molecule has 0 aliphatic carbocycles. The fourth-order valence-corrected chi connectivity index (χ4v) is 8.73. The molecule has 0 bridgehead atoms. The number of rotatable bonds is 6. The van der Waals surface area contributed by atoms with Crippen molar-refractivity contribution < 1.29 is 8.83 Å². The third-order valence-electron chi connectivity index (χ3n) is 10.3. The molecule has 54 heavy (non-hydrogen) atoms. The highest BCUT2D eigenvalue weighted by atomic mass is 32.1. The van der Waals surface area contributed by atoms with Crippen LogP contribution in [0.1, 0.15) is 0 Å². The zero-order valence-electron chi connectivity index (χ0n) is 28.9. The monoisotopic (exact) mass is 710 g/mol. The molecule has 0 unspecified atom stereocenters. The molecule has 254 valence electrons. The van der Waals surface area contributed by atoms with Crippen LogP contribution in [-0.4, -0.2) is 4.98 Å². The van der Waals surface area contributed by atoms with Crippen molar-refractivity contribution in [3.63, 3.8) is 0 Å². The highest BCUT2D eigenvalue weighted by molar-refractivity contribution is 7.21. The number of furan rings is 2. The van der Waals surface area contributed by atoms with Crippen molar-refractivity contribution >= 4 is 82.5 Å². The minimum Gasteiger partial charge on any atom is -0.456 e. The standard InChI is InChI=1S/C49H30N2O2S/c1-3-11-31(12-4-1)34-15-9-16-36(29-34)51(35-23-21-32(22-24-35)38-18-10-19-40-39-17-7-8-20-42(39)53-48(38)40)37-25-26-41-44(30-37)52-43-27-28-45-47(46(41)43)50-49(54-45)33-13-5-2-6-14-33/h1-30H. The Hall–Kier alpha value is -6.95. The Kier molecular flexibility index (Phi) is 7.00. The second-order valence-electron chi connectivity index (χ2n) is 13.5. The van der Waals surface area contributed by atoms with Gasteiger partial charge in [-0.3, -0.25) is 0 Å². The van der Waals surface area contributed by atoms with E-state index < -0.39 is 0 Å². The summed E-state index contributed by atoms with van der Waals surface area (Å²) in [6, 6.07) is 63.7. The van der Waals surface area contributed by atoms with Crippen molar-refractivity contribution in [3.8, 4) is 32.8 Å². The molecule has 0 saturated carbocycles. The highest BCUT2D eigenvalue weighted by Gasteiger charge is 2.20. The van der Waals surface area contributed by atoms with Gasteiger partial charge in [0.25, 0.3) is 0 Å². The first-order valence-corrected chi connectivity index (χ1v) is 18.8.